The Kier molecular flexibility index (Phi) is 6.54. The fourth-order valence-electron chi connectivity index (χ4n) is 3.23. The summed E-state index contributed by atoms with van der Waals surface area (Å²) < 4.78 is 33.1. The average molecular weight is 423 g/mol. The van der Waals surface area contributed by atoms with E-state index in [0.29, 0.717) is 45.0 Å². The summed E-state index contributed by atoms with van der Waals surface area (Å²) >= 11 is 1.58. The number of ether oxygens (including phenoxy) is 1. The van der Waals surface area contributed by atoms with Crippen LogP contribution in [0.15, 0.2) is 35.2 Å². The molecule has 0 bridgehead atoms. The van der Waals surface area contributed by atoms with Crippen LogP contribution in [0.4, 0.5) is 0 Å². The summed E-state index contributed by atoms with van der Waals surface area (Å²) in [5, 5.41) is 0. The first kappa shape index (κ1) is 21.0. The number of nitrogens with zero attached hydrogens (tertiary/aromatic N) is 2. The van der Waals surface area contributed by atoms with Gasteiger partial charge >= 0.3 is 0 Å². The zero-order valence-corrected chi connectivity index (χ0v) is 18.1. The molecule has 3 rings (SSSR count). The molecule has 0 radical (unpaired) electrons. The number of carbonyl (C=O) groups excluding carboxylic acids is 1. The SMILES string of the molecule is CCN(CC)C(=O)c1cc(-c2ccc(C)s2)cc(S(=O)(=O)N2CCOCC2)c1. The minimum absolute atomic E-state index is 0.154. The zero-order valence-electron chi connectivity index (χ0n) is 16.5. The van der Waals surface area contributed by atoms with Gasteiger partial charge in [-0.25, -0.2) is 8.42 Å². The Morgan fingerprint density at radius 2 is 1.82 bits per heavy atom. The summed E-state index contributed by atoms with van der Waals surface area (Å²) in [6.45, 7) is 8.39. The highest BCUT2D eigenvalue weighted by Crippen LogP contribution is 2.32. The molecule has 1 aromatic heterocycles. The van der Waals surface area contributed by atoms with Gasteiger partial charge in [0.2, 0.25) is 10.0 Å². The van der Waals surface area contributed by atoms with Gasteiger partial charge in [0, 0.05) is 41.5 Å². The van der Waals surface area contributed by atoms with Crippen molar-refractivity contribution >= 4 is 27.3 Å². The molecule has 2 heterocycles. The quantitative estimate of drug-likeness (QED) is 0.717. The Morgan fingerprint density at radius 3 is 2.39 bits per heavy atom. The molecule has 0 atom stereocenters. The first-order valence-corrected chi connectivity index (χ1v) is 11.7. The van der Waals surface area contributed by atoms with E-state index in [4.69, 9.17) is 4.74 Å². The summed E-state index contributed by atoms with van der Waals surface area (Å²) in [6.07, 6.45) is 0. The molecule has 1 aliphatic heterocycles. The fraction of sp³-hybridized carbons (Fsp3) is 0.450. The summed E-state index contributed by atoms with van der Waals surface area (Å²) in [7, 11) is -3.69. The molecule has 0 N–H and O–H groups in total. The lowest BCUT2D eigenvalue weighted by Gasteiger charge is -2.26. The molecule has 6 nitrogen and oxygen atoms in total. The van der Waals surface area contributed by atoms with E-state index in [0.717, 1.165) is 15.3 Å². The predicted molar refractivity (Wildman–Crippen MR) is 111 cm³/mol. The van der Waals surface area contributed by atoms with Crippen molar-refractivity contribution in [1.29, 1.82) is 0 Å². The number of rotatable bonds is 6. The lowest BCUT2D eigenvalue weighted by molar-refractivity contribution is 0.0730. The first-order valence-electron chi connectivity index (χ1n) is 9.46. The van der Waals surface area contributed by atoms with E-state index in [9.17, 15) is 13.2 Å². The van der Waals surface area contributed by atoms with Crippen LogP contribution in [0.5, 0.6) is 0 Å². The molecule has 0 saturated carbocycles. The van der Waals surface area contributed by atoms with Crippen LogP contribution in [-0.4, -0.2) is 62.9 Å². The lowest BCUT2D eigenvalue weighted by atomic mass is 10.1. The highest BCUT2D eigenvalue weighted by Gasteiger charge is 2.28. The molecule has 0 unspecified atom stereocenters. The van der Waals surface area contributed by atoms with Crippen molar-refractivity contribution in [3.63, 3.8) is 0 Å². The molecule has 1 saturated heterocycles. The van der Waals surface area contributed by atoms with Gasteiger partial charge in [-0.3, -0.25) is 4.79 Å². The third-order valence-electron chi connectivity index (χ3n) is 4.84. The van der Waals surface area contributed by atoms with Crippen molar-refractivity contribution in [1.82, 2.24) is 9.21 Å². The van der Waals surface area contributed by atoms with Crippen LogP contribution in [0.2, 0.25) is 0 Å². The van der Waals surface area contributed by atoms with E-state index in [1.54, 1.807) is 28.4 Å². The second kappa shape index (κ2) is 8.73. The van der Waals surface area contributed by atoms with E-state index < -0.39 is 10.0 Å². The van der Waals surface area contributed by atoms with Crippen LogP contribution in [0.1, 0.15) is 29.1 Å². The largest absolute Gasteiger partial charge is 0.379 e. The number of hydrogen-bond acceptors (Lipinski definition) is 5. The smallest absolute Gasteiger partial charge is 0.253 e. The molecule has 28 heavy (non-hydrogen) atoms. The lowest BCUT2D eigenvalue weighted by Crippen LogP contribution is -2.40. The first-order chi connectivity index (χ1) is 13.4. The monoisotopic (exact) mass is 422 g/mol. The summed E-state index contributed by atoms with van der Waals surface area (Å²) in [5.41, 5.74) is 1.15. The minimum atomic E-state index is -3.69. The Bertz CT molecular complexity index is 943. The Balaban J connectivity index is 2.10. The maximum Gasteiger partial charge on any atom is 0.253 e. The number of carbonyl (C=O) groups is 1. The van der Waals surface area contributed by atoms with E-state index in [1.165, 1.54) is 10.4 Å². The zero-order chi connectivity index (χ0) is 20.3. The number of aryl methyl sites for hydroxylation is 1. The van der Waals surface area contributed by atoms with Crippen LogP contribution >= 0.6 is 11.3 Å². The third-order valence-corrected chi connectivity index (χ3v) is 7.76. The standard InChI is InChI=1S/C20H26N2O4S2/c1-4-21(5-2)20(23)17-12-16(19-7-6-15(3)27-19)13-18(14-17)28(24,25)22-8-10-26-11-9-22/h6-7,12-14H,4-5,8-11H2,1-3H3. The predicted octanol–water partition coefficient (Wildman–Crippen LogP) is 3.23. The molecule has 152 valence electrons. The molecule has 1 aromatic carbocycles. The summed E-state index contributed by atoms with van der Waals surface area (Å²) in [4.78, 5) is 16.9. The Labute approximate surface area is 170 Å². The van der Waals surface area contributed by atoms with Crippen molar-refractivity contribution in [2.75, 3.05) is 39.4 Å². The van der Waals surface area contributed by atoms with Gasteiger partial charge in [0.15, 0.2) is 0 Å². The second-order valence-corrected chi connectivity index (χ2v) is 9.88. The van der Waals surface area contributed by atoms with Gasteiger partial charge in [0.1, 0.15) is 0 Å². The van der Waals surface area contributed by atoms with E-state index in [-0.39, 0.29) is 10.8 Å². The summed E-state index contributed by atoms with van der Waals surface area (Å²) in [6, 6.07) is 8.94. The molecule has 0 aliphatic carbocycles. The number of sulfonamides is 1. The fourth-order valence-corrected chi connectivity index (χ4v) is 5.57. The topological polar surface area (TPSA) is 66.9 Å². The van der Waals surface area contributed by atoms with E-state index in [2.05, 4.69) is 0 Å². The van der Waals surface area contributed by atoms with E-state index >= 15 is 0 Å². The highest BCUT2D eigenvalue weighted by molar-refractivity contribution is 7.89. The van der Waals surface area contributed by atoms with Crippen LogP contribution in [-0.2, 0) is 14.8 Å². The van der Waals surface area contributed by atoms with Gasteiger partial charge in [-0.2, -0.15) is 4.31 Å². The highest BCUT2D eigenvalue weighted by atomic mass is 32.2. The number of amides is 1. The number of morpholine rings is 1. The Morgan fingerprint density at radius 1 is 1.14 bits per heavy atom. The number of thiophene rings is 1. The number of benzene rings is 1. The normalized spacial score (nSPS) is 15.5. The van der Waals surface area contributed by atoms with E-state index in [1.807, 2.05) is 32.9 Å². The molecular weight excluding hydrogens is 396 g/mol. The molecule has 2 aromatic rings. The van der Waals surface area contributed by atoms with Gasteiger partial charge in [-0.05, 0) is 56.7 Å². The average Bonchev–Trinajstić information content (AvgIpc) is 3.15. The van der Waals surface area contributed by atoms with Gasteiger partial charge in [-0.1, -0.05) is 0 Å². The van der Waals surface area contributed by atoms with Gasteiger partial charge in [-0.15, -0.1) is 11.3 Å². The van der Waals surface area contributed by atoms with Crippen molar-refractivity contribution in [3.05, 3.63) is 40.8 Å². The van der Waals surface area contributed by atoms with Crippen molar-refractivity contribution in [2.24, 2.45) is 0 Å². The molecule has 1 aliphatic rings. The maximum absolute atomic E-state index is 13.2. The van der Waals surface area contributed by atoms with Crippen LogP contribution in [0, 0.1) is 6.92 Å². The van der Waals surface area contributed by atoms with Gasteiger partial charge in [0.25, 0.3) is 5.91 Å². The summed E-state index contributed by atoms with van der Waals surface area (Å²) in [5.74, 6) is -0.154. The molecule has 1 amide bonds. The molecular formula is C20H26N2O4S2. The van der Waals surface area contributed by atoms with Crippen LogP contribution in [0.25, 0.3) is 10.4 Å². The van der Waals surface area contributed by atoms with Crippen molar-refractivity contribution in [3.8, 4) is 10.4 Å². The van der Waals surface area contributed by atoms with Crippen molar-refractivity contribution in [2.45, 2.75) is 25.7 Å². The maximum atomic E-state index is 13.2. The molecule has 8 heteroatoms. The Hall–Kier alpha value is -1.74. The van der Waals surface area contributed by atoms with Crippen LogP contribution < -0.4 is 0 Å². The van der Waals surface area contributed by atoms with Gasteiger partial charge in [0.05, 0.1) is 18.1 Å². The molecule has 1 fully saturated rings. The second-order valence-electron chi connectivity index (χ2n) is 6.65. The molecule has 0 spiro atoms. The number of hydrogen-bond donors (Lipinski definition) is 0. The third kappa shape index (κ3) is 4.30. The minimum Gasteiger partial charge on any atom is -0.379 e. The van der Waals surface area contributed by atoms with Gasteiger partial charge < -0.3 is 9.64 Å². The van der Waals surface area contributed by atoms with Crippen LogP contribution in [0.3, 0.4) is 0 Å². The van der Waals surface area contributed by atoms with Crippen molar-refractivity contribution < 1.29 is 17.9 Å².